The number of aryl methyl sites for hydroxylation is 1. The fourth-order valence-electron chi connectivity index (χ4n) is 1.96. The fourth-order valence-corrected chi connectivity index (χ4v) is 2.05. The average Bonchev–Trinajstić information content (AvgIpc) is 2.81. The van der Waals surface area contributed by atoms with E-state index in [0.717, 1.165) is 13.1 Å². The van der Waals surface area contributed by atoms with Gasteiger partial charge in [0.05, 0.1) is 11.2 Å². The van der Waals surface area contributed by atoms with Crippen molar-refractivity contribution in [1.29, 1.82) is 0 Å². The van der Waals surface area contributed by atoms with Crippen LogP contribution in [0.4, 0.5) is 5.69 Å². The van der Waals surface area contributed by atoms with Gasteiger partial charge >= 0.3 is 0 Å². The topological polar surface area (TPSA) is 47.1 Å². The van der Waals surface area contributed by atoms with E-state index in [9.17, 15) is 0 Å². The minimum Gasteiger partial charge on any atom is -0.393 e. The highest BCUT2D eigenvalue weighted by molar-refractivity contribution is 7.80. The maximum absolute atomic E-state index is 5.60. The van der Waals surface area contributed by atoms with Crippen LogP contribution in [-0.4, -0.2) is 21.3 Å². The number of hydrogen-bond acceptors (Lipinski definition) is 3. The van der Waals surface area contributed by atoms with Gasteiger partial charge in [0, 0.05) is 44.0 Å². The summed E-state index contributed by atoms with van der Waals surface area (Å²) in [5.41, 5.74) is 7.95. The first-order chi connectivity index (χ1) is 9.15. The first kappa shape index (κ1) is 13.5. The molecule has 0 saturated carbocycles. The van der Waals surface area contributed by atoms with E-state index in [2.05, 4.69) is 22.1 Å². The molecular formula is C14H18N4S. The van der Waals surface area contributed by atoms with Gasteiger partial charge in [-0.2, -0.15) is 5.10 Å². The third kappa shape index (κ3) is 4.06. The van der Waals surface area contributed by atoms with E-state index in [0.29, 0.717) is 11.4 Å². The van der Waals surface area contributed by atoms with Crippen LogP contribution in [0.25, 0.3) is 0 Å². The summed E-state index contributed by atoms with van der Waals surface area (Å²) in [7, 11) is 1.92. The van der Waals surface area contributed by atoms with Crippen LogP contribution in [0.15, 0.2) is 42.7 Å². The van der Waals surface area contributed by atoms with Crippen molar-refractivity contribution in [3.63, 3.8) is 0 Å². The highest BCUT2D eigenvalue weighted by atomic mass is 32.1. The van der Waals surface area contributed by atoms with Gasteiger partial charge in [-0.25, -0.2) is 0 Å². The molecule has 1 aromatic heterocycles. The summed E-state index contributed by atoms with van der Waals surface area (Å²) in [6.07, 6.45) is 4.62. The van der Waals surface area contributed by atoms with Crippen LogP contribution in [0.3, 0.4) is 0 Å². The molecule has 0 bridgehead atoms. The minimum absolute atomic E-state index is 0.548. The molecule has 0 saturated heterocycles. The molecule has 0 amide bonds. The summed E-state index contributed by atoms with van der Waals surface area (Å²) in [4.78, 5) is 2.81. The summed E-state index contributed by atoms with van der Waals surface area (Å²) in [6.45, 7) is 1.62. The summed E-state index contributed by atoms with van der Waals surface area (Å²) in [5.74, 6) is 0. The Balaban J connectivity index is 2.12. The van der Waals surface area contributed by atoms with E-state index < -0.39 is 0 Å². The Hall–Kier alpha value is -1.88. The maximum Gasteiger partial charge on any atom is 0.0745 e. The van der Waals surface area contributed by atoms with Gasteiger partial charge in [-0.3, -0.25) is 4.68 Å². The van der Waals surface area contributed by atoms with Crippen molar-refractivity contribution >= 4 is 22.9 Å². The molecule has 0 aliphatic carbocycles. The molecule has 1 heterocycles. The number of aromatic nitrogens is 2. The van der Waals surface area contributed by atoms with Crippen molar-refractivity contribution in [1.82, 2.24) is 9.78 Å². The molecule has 2 aromatic rings. The molecule has 0 unspecified atom stereocenters. The van der Waals surface area contributed by atoms with Crippen LogP contribution >= 0.6 is 12.2 Å². The third-order valence-electron chi connectivity index (χ3n) is 2.88. The number of nitrogens with zero attached hydrogens (tertiary/aromatic N) is 3. The van der Waals surface area contributed by atoms with Gasteiger partial charge in [0.15, 0.2) is 0 Å². The molecular weight excluding hydrogens is 256 g/mol. The second-order valence-electron chi connectivity index (χ2n) is 4.50. The van der Waals surface area contributed by atoms with Gasteiger partial charge < -0.3 is 10.6 Å². The zero-order valence-electron chi connectivity index (χ0n) is 11.0. The van der Waals surface area contributed by atoms with Crippen LogP contribution < -0.4 is 10.6 Å². The largest absolute Gasteiger partial charge is 0.393 e. The monoisotopic (exact) mass is 274 g/mol. The number of thiocarbonyl (C=S) groups is 1. The van der Waals surface area contributed by atoms with Crippen molar-refractivity contribution in [3.8, 4) is 0 Å². The van der Waals surface area contributed by atoms with E-state index in [-0.39, 0.29) is 0 Å². The SMILES string of the molecule is Cn1cc(CN(CCC(N)=S)c2ccccc2)cn1. The van der Waals surface area contributed by atoms with E-state index in [1.54, 1.807) is 0 Å². The first-order valence-corrected chi connectivity index (χ1v) is 6.62. The summed E-state index contributed by atoms with van der Waals surface area (Å²) < 4.78 is 1.81. The molecule has 4 nitrogen and oxygen atoms in total. The number of benzene rings is 1. The molecule has 2 rings (SSSR count). The van der Waals surface area contributed by atoms with Crippen LogP contribution in [0.1, 0.15) is 12.0 Å². The predicted molar refractivity (Wildman–Crippen MR) is 82.1 cm³/mol. The Labute approximate surface area is 118 Å². The normalized spacial score (nSPS) is 10.4. The minimum atomic E-state index is 0.548. The van der Waals surface area contributed by atoms with Gasteiger partial charge in [0.2, 0.25) is 0 Å². The number of anilines is 1. The van der Waals surface area contributed by atoms with Crippen LogP contribution in [0, 0.1) is 0 Å². The van der Waals surface area contributed by atoms with Crippen molar-refractivity contribution in [2.24, 2.45) is 12.8 Å². The lowest BCUT2D eigenvalue weighted by molar-refractivity contribution is 0.764. The number of rotatable bonds is 6. The Morgan fingerprint density at radius 1 is 1.37 bits per heavy atom. The standard InChI is InChI=1S/C14H18N4S/c1-17-10-12(9-16-17)11-18(8-7-14(15)19)13-5-3-2-4-6-13/h2-6,9-10H,7-8,11H2,1H3,(H2,15,19). The molecule has 0 aliphatic rings. The molecule has 0 spiro atoms. The highest BCUT2D eigenvalue weighted by Crippen LogP contribution is 2.16. The molecule has 100 valence electrons. The van der Waals surface area contributed by atoms with E-state index in [4.69, 9.17) is 18.0 Å². The molecule has 0 radical (unpaired) electrons. The zero-order valence-corrected chi connectivity index (χ0v) is 11.8. The van der Waals surface area contributed by atoms with Crippen molar-refractivity contribution in [2.75, 3.05) is 11.4 Å². The Morgan fingerprint density at radius 3 is 2.68 bits per heavy atom. The highest BCUT2D eigenvalue weighted by Gasteiger charge is 2.08. The van der Waals surface area contributed by atoms with Gasteiger partial charge in [-0.05, 0) is 12.1 Å². The molecule has 0 aliphatic heterocycles. The van der Waals surface area contributed by atoms with E-state index >= 15 is 0 Å². The molecule has 0 atom stereocenters. The number of hydrogen-bond donors (Lipinski definition) is 1. The smallest absolute Gasteiger partial charge is 0.0745 e. The van der Waals surface area contributed by atoms with Crippen molar-refractivity contribution in [2.45, 2.75) is 13.0 Å². The average molecular weight is 274 g/mol. The Bertz CT molecular complexity index is 535. The van der Waals surface area contributed by atoms with Crippen LogP contribution in [0.5, 0.6) is 0 Å². The summed E-state index contributed by atoms with van der Waals surface area (Å²) in [6, 6.07) is 10.3. The van der Waals surface area contributed by atoms with Gasteiger partial charge in [-0.15, -0.1) is 0 Å². The van der Waals surface area contributed by atoms with Gasteiger partial charge in [-0.1, -0.05) is 30.4 Å². The molecule has 1 aromatic carbocycles. The Kier molecular flexibility index (Phi) is 4.52. The van der Waals surface area contributed by atoms with Gasteiger partial charge in [0.25, 0.3) is 0 Å². The maximum atomic E-state index is 5.60. The second kappa shape index (κ2) is 6.33. The molecule has 5 heteroatoms. The summed E-state index contributed by atoms with van der Waals surface area (Å²) >= 11 is 4.97. The predicted octanol–water partition coefficient (Wildman–Crippen LogP) is 2.10. The van der Waals surface area contributed by atoms with Crippen molar-refractivity contribution < 1.29 is 0 Å². The first-order valence-electron chi connectivity index (χ1n) is 6.21. The van der Waals surface area contributed by atoms with E-state index in [1.165, 1.54) is 11.3 Å². The zero-order chi connectivity index (χ0) is 13.7. The van der Waals surface area contributed by atoms with E-state index in [1.807, 2.05) is 42.3 Å². The lowest BCUT2D eigenvalue weighted by Gasteiger charge is -2.24. The third-order valence-corrected chi connectivity index (χ3v) is 3.09. The number of nitrogens with two attached hydrogens (primary N) is 1. The van der Waals surface area contributed by atoms with Crippen LogP contribution in [0.2, 0.25) is 0 Å². The van der Waals surface area contributed by atoms with Crippen molar-refractivity contribution in [3.05, 3.63) is 48.3 Å². The second-order valence-corrected chi connectivity index (χ2v) is 5.02. The molecule has 2 N–H and O–H groups in total. The van der Waals surface area contributed by atoms with Crippen LogP contribution in [-0.2, 0) is 13.6 Å². The number of para-hydroxylation sites is 1. The fraction of sp³-hybridized carbons (Fsp3) is 0.286. The quantitative estimate of drug-likeness (QED) is 0.820. The molecule has 0 fully saturated rings. The lowest BCUT2D eigenvalue weighted by Crippen LogP contribution is -2.26. The lowest BCUT2D eigenvalue weighted by atomic mass is 10.2. The van der Waals surface area contributed by atoms with Gasteiger partial charge in [0.1, 0.15) is 0 Å². The Morgan fingerprint density at radius 2 is 2.11 bits per heavy atom. The summed E-state index contributed by atoms with van der Waals surface area (Å²) in [5, 5.41) is 4.20. The molecule has 19 heavy (non-hydrogen) atoms.